The Morgan fingerprint density at radius 1 is 1.09 bits per heavy atom. The Morgan fingerprint density at radius 2 is 1.82 bits per heavy atom. The number of aromatic hydroxyl groups is 1. The lowest BCUT2D eigenvalue weighted by Gasteiger charge is -2.12. The molecular formula is C23H24N4O6S. The van der Waals surface area contributed by atoms with Crippen LogP contribution in [0.4, 0.5) is 17.1 Å². The first-order valence-corrected chi connectivity index (χ1v) is 11.7. The summed E-state index contributed by atoms with van der Waals surface area (Å²) in [5.41, 5.74) is 4.79. The molecule has 3 N–H and O–H groups in total. The molecule has 10 nitrogen and oxygen atoms in total. The molecule has 0 saturated heterocycles. The molecule has 0 heterocycles. The van der Waals surface area contributed by atoms with Crippen molar-refractivity contribution in [1.82, 2.24) is 0 Å². The van der Waals surface area contributed by atoms with Crippen LogP contribution < -0.4 is 14.9 Å². The van der Waals surface area contributed by atoms with Crippen molar-refractivity contribution < 1.29 is 23.2 Å². The van der Waals surface area contributed by atoms with Gasteiger partial charge in [-0.3, -0.25) is 20.3 Å². The van der Waals surface area contributed by atoms with Crippen LogP contribution in [-0.2, 0) is 10.0 Å². The van der Waals surface area contributed by atoms with E-state index in [0.29, 0.717) is 17.9 Å². The number of ether oxygens (including phenoxy) is 1. The molecule has 34 heavy (non-hydrogen) atoms. The standard InChI is InChI=1S/C23H24N4O6S/c1-4-33-23-12-17(6-10-22(23)28)14-24-25-20-9-7-18(13-21(20)27(29)30)34(31,32)26-19-8-5-15(2)11-16(19)3/h5-14,25-26,28H,4H2,1-3H3. The van der Waals surface area contributed by atoms with E-state index >= 15 is 0 Å². The number of hydrazone groups is 1. The molecule has 0 aromatic heterocycles. The molecule has 0 aliphatic heterocycles. The molecular weight excluding hydrogens is 460 g/mol. The van der Waals surface area contributed by atoms with Crippen LogP contribution in [0, 0.1) is 24.0 Å². The van der Waals surface area contributed by atoms with Crippen LogP contribution in [0.1, 0.15) is 23.6 Å². The highest BCUT2D eigenvalue weighted by atomic mass is 32.2. The Labute approximate surface area is 197 Å². The fraction of sp³-hybridized carbons (Fsp3) is 0.174. The summed E-state index contributed by atoms with van der Waals surface area (Å²) in [6, 6.07) is 13.3. The van der Waals surface area contributed by atoms with Gasteiger partial charge in [-0.1, -0.05) is 17.7 Å². The molecule has 0 fully saturated rings. The van der Waals surface area contributed by atoms with Crippen molar-refractivity contribution in [2.45, 2.75) is 25.7 Å². The van der Waals surface area contributed by atoms with Crippen LogP contribution in [0.15, 0.2) is 64.6 Å². The van der Waals surface area contributed by atoms with E-state index in [-0.39, 0.29) is 22.1 Å². The molecule has 0 aliphatic carbocycles. The van der Waals surface area contributed by atoms with Crippen LogP contribution in [-0.4, -0.2) is 31.3 Å². The Balaban J connectivity index is 1.83. The third kappa shape index (κ3) is 5.81. The van der Waals surface area contributed by atoms with Gasteiger partial charge in [0.25, 0.3) is 15.7 Å². The summed E-state index contributed by atoms with van der Waals surface area (Å²) in [7, 11) is -4.06. The molecule has 178 valence electrons. The predicted molar refractivity (Wildman–Crippen MR) is 130 cm³/mol. The van der Waals surface area contributed by atoms with E-state index < -0.39 is 20.6 Å². The number of aryl methyl sites for hydroxylation is 2. The zero-order valence-electron chi connectivity index (χ0n) is 18.8. The Bertz CT molecular complexity index is 1360. The zero-order valence-corrected chi connectivity index (χ0v) is 19.6. The average molecular weight is 485 g/mol. The number of nitrogens with one attached hydrogen (secondary N) is 2. The van der Waals surface area contributed by atoms with Crippen LogP contribution in [0.25, 0.3) is 0 Å². The third-order valence-corrected chi connectivity index (χ3v) is 6.15. The summed E-state index contributed by atoms with van der Waals surface area (Å²) < 4.78 is 33.4. The minimum atomic E-state index is -4.06. The van der Waals surface area contributed by atoms with Gasteiger partial charge < -0.3 is 9.84 Å². The SMILES string of the molecule is CCOc1cc(C=NNc2ccc(S(=O)(=O)Nc3ccc(C)cc3C)cc2[N+](=O)[O-])ccc1O. The Hall–Kier alpha value is -4.12. The Morgan fingerprint density at radius 3 is 2.50 bits per heavy atom. The van der Waals surface area contributed by atoms with Gasteiger partial charge in [-0.25, -0.2) is 8.42 Å². The van der Waals surface area contributed by atoms with E-state index in [1.165, 1.54) is 24.4 Å². The maximum atomic E-state index is 12.8. The van der Waals surface area contributed by atoms with Crippen molar-refractivity contribution >= 4 is 33.3 Å². The molecule has 11 heteroatoms. The lowest BCUT2D eigenvalue weighted by molar-refractivity contribution is -0.384. The highest BCUT2D eigenvalue weighted by Gasteiger charge is 2.22. The number of nitrogens with zero attached hydrogens (tertiary/aromatic N) is 2. The topological polar surface area (TPSA) is 143 Å². The first kappa shape index (κ1) is 24.5. The summed E-state index contributed by atoms with van der Waals surface area (Å²) in [5.74, 6) is 0.261. The number of nitro groups is 1. The molecule has 3 aromatic carbocycles. The molecule has 0 spiro atoms. The molecule has 0 bridgehead atoms. The fourth-order valence-corrected chi connectivity index (χ4v) is 4.26. The van der Waals surface area contributed by atoms with Gasteiger partial charge in [0.2, 0.25) is 0 Å². The van der Waals surface area contributed by atoms with E-state index in [0.717, 1.165) is 17.2 Å². The first-order valence-electron chi connectivity index (χ1n) is 10.2. The van der Waals surface area contributed by atoms with Crippen molar-refractivity contribution in [3.05, 3.63) is 81.4 Å². The molecule has 3 rings (SSSR count). The molecule has 0 unspecified atom stereocenters. The Kier molecular flexibility index (Phi) is 7.37. The van der Waals surface area contributed by atoms with E-state index in [4.69, 9.17) is 4.74 Å². The maximum Gasteiger partial charge on any atom is 0.295 e. The molecule has 3 aromatic rings. The van der Waals surface area contributed by atoms with Gasteiger partial charge in [-0.2, -0.15) is 5.10 Å². The lowest BCUT2D eigenvalue weighted by Crippen LogP contribution is -2.14. The summed E-state index contributed by atoms with van der Waals surface area (Å²) in [6.45, 7) is 5.81. The summed E-state index contributed by atoms with van der Waals surface area (Å²) in [6.07, 6.45) is 1.39. The van der Waals surface area contributed by atoms with Crippen molar-refractivity contribution in [3.63, 3.8) is 0 Å². The molecule has 0 saturated carbocycles. The van der Waals surface area contributed by atoms with E-state index in [9.17, 15) is 23.6 Å². The predicted octanol–water partition coefficient (Wildman–Crippen LogP) is 4.56. The van der Waals surface area contributed by atoms with Gasteiger partial charge in [0.1, 0.15) is 5.69 Å². The van der Waals surface area contributed by atoms with Gasteiger partial charge in [-0.05, 0) is 68.3 Å². The van der Waals surface area contributed by atoms with Gasteiger partial charge in [0.15, 0.2) is 11.5 Å². The minimum absolute atomic E-state index is 0.00975. The highest BCUT2D eigenvalue weighted by molar-refractivity contribution is 7.92. The number of phenolic OH excluding ortho intramolecular Hbond substituents is 1. The quantitative estimate of drug-likeness (QED) is 0.229. The second-order valence-corrected chi connectivity index (χ2v) is 9.07. The zero-order chi connectivity index (χ0) is 24.9. The highest BCUT2D eigenvalue weighted by Crippen LogP contribution is 2.30. The summed E-state index contributed by atoms with van der Waals surface area (Å²) in [4.78, 5) is 10.6. The number of phenols is 1. The second-order valence-electron chi connectivity index (χ2n) is 7.39. The number of rotatable bonds is 9. The van der Waals surface area contributed by atoms with Gasteiger partial charge >= 0.3 is 0 Å². The van der Waals surface area contributed by atoms with Gasteiger partial charge in [-0.15, -0.1) is 0 Å². The van der Waals surface area contributed by atoms with Gasteiger partial charge in [0.05, 0.1) is 28.3 Å². The fourth-order valence-electron chi connectivity index (χ4n) is 3.11. The number of hydrogen-bond donors (Lipinski definition) is 3. The van der Waals surface area contributed by atoms with Crippen LogP contribution in [0.5, 0.6) is 11.5 Å². The number of sulfonamides is 1. The number of benzene rings is 3. The second kappa shape index (κ2) is 10.2. The minimum Gasteiger partial charge on any atom is -0.504 e. The van der Waals surface area contributed by atoms with Gasteiger partial charge in [0, 0.05) is 6.07 Å². The molecule has 0 amide bonds. The van der Waals surface area contributed by atoms with Crippen molar-refractivity contribution in [3.8, 4) is 11.5 Å². The van der Waals surface area contributed by atoms with E-state index in [2.05, 4.69) is 15.2 Å². The average Bonchev–Trinajstić information content (AvgIpc) is 2.78. The van der Waals surface area contributed by atoms with Crippen LogP contribution in [0.2, 0.25) is 0 Å². The number of hydrogen-bond acceptors (Lipinski definition) is 8. The lowest BCUT2D eigenvalue weighted by atomic mass is 10.1. The van der Waals surface area contributed by atoms with Crippen molar-refractivity contribution in [1.29, 1.82) is 0 Å². The van der Waals surface area contributed by atoms with Crippen LogP contribution >= 0.6 is 0 Å². The third-order valence-electron chi connectivity index (χ3n) is 4.78. The van der Waals surface area contributed by atoms with Crippen molar-refractivity contribution in [2.24, 2.45) is 5.10 Å². The molecule has 0 radical (unpaired) electrons. The smallest absolute Gasteiger partial charge is 0.295 e. The summed E-state index contributed by atoms with van der Waals surface area (Å²) in [5, 5.41) is 25.3. The molecule has 0 aliphatic rings. The largest absolute Gasteiger partial charge is 0.504 e. The molecule has 0 atom stereocenters. The number of anilines is 2. The number of nitro benzene ring substituents is 1. The summed E-state index contributed by atoms with van der Waals surface area (Å²) >= 11 is 0. The first-order chi connectivity index (χ1) is 16.1. The van der Waals surface area contributed by atoms with Crippen LogP contribution in [0.3, 0.4) is 0 Å². The normalized spacial score (nSPS) is 11.4. The maximum absolute atomic E-state index is 12.8. The van der Waals surface area contributed by atoms with E-state index in [1.54, 1.807) is 38.1 Å². The van der Waals surface area contributed by atoms with E-state index in [1.807, 2.05) is 13.0 Å². The monoisotopic (exact) mass is 484 g/mol. The van der Waals surface area contributed by atoms with Crippen molar-refractivity contribution in [2.75, 3.05) is 16.8 Å².